The van der Waals surface area contributed by atoms with E-state index >= 15 is 0 Å². The highest BCUT2D eigenvalue weighted by atomic mass is 16.5. The van der Waals surface area contributed by atoms with Crippen LogP contribution in [0.5, 0.6) is 0 Å². The zero-order chi connectivity index (χ0) is 25.7. The molecule has 0 aliphatic carbocycles. The molecule has 7 heteroatoms. The number of hydrogen-bond donors (Lipinski definition) is 1. The molecule has 1 aliphatic rings. The molecule has 7 nitrogen and oxygen atoms in total. The second-order valence-corrected chi connectivity index (χ2v) is 10.9. The summed E-state index contributed by atoms with van der Waals surface area (Å²) in [6.45, 7) is 12.1. The van der Waals surface area contributed by atoms with E-state index in [4.69, 9.17) is 14.2 Å². The number of benzene rings is 1. The van der Waals surface area contributed by atoms with E-state index in [0.29, 0.717) is 0 Å². The number of carboxylic acids is 1. The van der Waals surface area contributed by atoms with Crippen molar-refractivity contribution in [3.63, 3.8) is 0 Å². The molecule has 1 fully saturated rings. The second-order valence-electron chi connectivity index (χ2n) is 10.9. The van der Waals surface area contributed by atoms with Crippen LogP contribution in [0.3, 0.4) is 0 Å². The Hall–Kier alpha value is -3.45. The van der Waals surface area contributed by atoms with Crippen LogP contribution in [0.25, 0.3) is 33.3 Å². The number of fused-ring (bicyclic) bond motifs is 1. The highest BCUT2D eigenvalue weighted by Crippen LogP contribution is 2.38. The van der Waals surface area contributed by atoms with E-state index in [1.807, 2.05) is 44.3 Å². The smallest absolute Gasteiger partial charge is 0.313 e. The van der Waals surface area contributed by atoms with Gasteiger partial charge in [0, 0.05) is 48.8 Å². The molecule has 0 radical (unpaired) electrons. The average molecular weight is 488 g/mol. The van der Waals surface area contributed by atoms with Gasteiger partial charge >= 0.3 is 5.97 Å². The fourth-order valence-electron chi connectivity index (χ4n) is 5.16. The molecular weight excluding hydrogens is 454 g/mol. The van der Waals surface area contributed by atoms with Gasteiger partial charge < -0.3 is 18.9 Å². The predicted octanol–water partition coefficient (Wildman–Crippen LogP) is 6.15. The second kappa shape index (κ2) is 8.89. The number of carboxylic acid groups (broad SMARTS) is 1. The molecule has 188 valence electrons. The first kappa shape index (κ1) is 24.3. The van der Waals surface area contributed by atoms with Crippen molar-refractivity contribution in [3.8, 4) is 22.3 Å². The lowest BCUT2D eigenvalue weighted by Gasteiger charge is -2.34. The number of ether oxygens (including phenoxy) is 1. The van der Waals surface area contributed by atoms with E-state index in [9.17, 15) is 9.90 Å². The number of aryl methyl sites for hydroxylation is 2. The van der Waals surface area contributed by atoms with Crippen molar-refractivity contribution in [2.75, 3.05) is 13.2 Å². The van der Waals surface area contributed by atoms with Crippen molar-refractivity contribution in [1.82, 2.24) is 14.7 Å². The van der Waals surface area contributed by atoms with E-state index in [-0.39, 0.29) is 5.41 Å². The van der Waals surface area contributed by atoms with E-state index in [1.54, 1.807) is 13.8 Å². The molecule has 1 aliphatic heterocycles. The van der Waals surface area contributed by atoms with Crippen LogP contribution in [-0.4, -0.2) is 39.0 Å². The molecular formula is C29H33N3O4. The molecule has 4 aromatic rings. The minimum absolute atomic E-state index is 0.135. The highest BCUT2D eigenvalue weighted by Gasteiger charge is 2.31. The molecule has 0 bridgehead atoms. The SMILES string of the molecule is Cc1noc(C)c1-c1cnc2c(-c3ccc(C(C)(C)C(=O)O)cc3)cn(CC3(C)CCOCC3)c2c1. The van der Waals surface area contributed by atoms with Crippen molar-refractivity contribution in [1.29, 1.82) is 0 Å². The van der Waals surface area contributed by atoms with E-state index in [2.05, 4.69) is 28.9 Å². The summed E-state index contributed by atoms with van der Waals surface area (Å²) in [5.74, 6) is -0.0647. The predicted molar refractivity (Wildman–Crippen MR) is 139 cm³/mol. The monoisotopic (exact) mass is 487 g/mol. The normalized spacial score (nSPS) is 15.9. The van der Waals surface area contributed by atoms with E-state index in [0.717, 1.165) is 82.9 Å². The van der Waals surface area contributed by atoms with Crippen molar-refractivity contribution in [2.45, 2.75) is 59.4 Å². The maximum atomic E-state index is 11.7. The molecule has 4 heterocycles. The van der Waals surface area contributed by atoms with Crippen molar-refractivity contribution in [3.05, 3.63) is 59.7 Å². The molecule has 5 rings (SSSR count). The number of nitrogens with zero attached hydrogens (tertiary/aromatic N) is 3. The third-order valence-corrected chi connectivity index (χ3v) is 7.74. The number of pyridine rings is 1. The minimum Gasteiger partial charge on any atom is -0.481 e. The average Bonchev–Trinajstić information content (AvgIpc) is 3.37. The van der Waals surface area contributed by atoms with Crippen molar-refractivity contribution < 1.29 is 19.2 Å². The number of aliphatic carboxylic acids is 1. The minimum atomic E-state index is -0.953. The molecule has 1 N–H and O–H groups in total. The zero-order valence-electron chi connectivity index (χ0n) is 21.6. The zero-order valence-corrected chi connectivity index (χ0v) is 21.6. The Bertz CT molecular complexity index is 1400. The lowest BCUT2D eigenvalue weighted by molar-refractivity contribution is -0.142. The Morgan fingerprint density at radius 2 is 1.83 bits per heavy atom. The van der Waals surface area contributed by atoms with Crippen LogP contribution in [0.2, 0.25) is 0 Å². The molecule has 3 aromatic heterocycles. The van der Waals surface area contributed by atoms with Crippen LogP contribution in [0.15, 0.2) is 47.2 Å². The largest absolute Gasteiger partial charge is 0.481 e. The van der Waals surface area contributed by atoms with Gasteiger partial charge in [-0.3, -0.25) is 9.78 Å². The van der Waals surface area contributed by atoms with Crippen LogP contribution in [0.4, 0.5) is 0 Å². The summed E-state index contributed by atoms with van der Waals surface area (Å²) in [5.41, 5.74) is 6.80. The molecule has 0 atom stereocenters. The van der Waals surface area contributed by atoms with Crippen molar-refractivity contribution in [2.24, 2.45) is 5.41 Å². The van der Waals surface area contributed by atoms with Crippen molar-refractivity contribution >= 4 is 17.0 Å². The summed E-state index contributed by atoms with van der Waals surface area (Å²) in [7, 11) is 0. The quantitative estimate of drug-likeness (QED) is 0.351. The molecule has 1 saturated heterocycles. The summed E-state index contributed by atoms with van der Waals surface area (Å²) in [6, 6.07) is 10.00. The summed E-state index contributed by atoms with van der Waals surface area (Å²) in [4.78, 5) is 16.6. The fraction of sp³-hybridized carbons (Fsp3) is 0.414. The topological polar surface area (TPSA) is 90.4 Å². The van der Waals surface area contributed by atoms with Gasteiger partial charge in [-0.2, -0.15) is 0 Å². The van der Waals surface area contributed by atoms with Gasteiger partial charge in [0.25, 0.3) is 0 Å². The number of hydrogen-bond acceptors (Lipinski definition) is 5. The standard InChI is InChI=1S/C29H33N3O4/c1-18-25(19(2)36-31-18)21-14-24-26(30-15-21)23(16-32(24)17-29(5)10-12-35-13-11-29)20-6-8-22(9-7-20)28(3,4)27(33)34/h6-9,14-16H,10-13,17H2,1-5H3,(H,33,34). The van der Waals surface area contributed by atoms with Gasteiger partial charge in [0.15, 0.2) is 0 Å². The van der Waals surface area contributed by atoms with Crippen LogP contribution in [-0.2, 0) is 21.5 Å². The maximum absolute atomic E-state index is 11.7. The van der Waals surface area contributed by atoms with Crippen LogP contribution in [0.1, 0.15) is 50.6 Å². The van der Waals surface area contributed by atoms with E-state index in [1.165, 1.54) is 0 Å². The van der Waals surface area contributed by atoms with Gasteiger partial charge in [-0.15, -0.1) is 0 Å². The van der Waals surface area contributed by atoms with Gasteiger partial charge in [0.05, 0.1) is 22.1 Å². The van der Waals surface area contributed by atoms with Gasteiger partial charge in [-0.25, -0.2) is 0 Å². The fourth-order valence-corrected chi connectivity index (χ4v) is 5.16. The van der Waals surface area contributed by atoms with Gasteiger partial charge in [-0.1, -0.05) is 36.3 Å². The lowest BCUT2D eigenvalue weighted by Crippen LogP contribution is -2.30. The summed E-state index contributed by atoms with van der Waals surface area (Å²) in [6.07, 6.45) is 6.10. The number of carbonyl (C=O) groups is 1. The Morgan fingerprint density at radius 1 is 1.14 bits per heavy atom. The molecule has 0 spiro atoms. The van der Waals surface area contributed by atoms with Crippen LogP contribution >= 0.6 is 0 Å². The lowest BCUT2D eigenvalue weighted by atomic mass is 9.82. The first-order chi connectivity index (χ1) is 17.1. The maximum Gasteiger partial charge on any atom is 0.313 e. The first-order valence-corrected chi connectivity index (χ1v) is 12.4. The molecule has 0 saturated carbocycles. The first-order valence-electron chi connectivity index (χ1n) is 12.4. The third-order valence-electron chi connectivity index (χ3n) is 7.74. The molecule has 1 aromatic carbocycles. The molecule has 0 amide bonds. The summed E-state index contributed by atoms with van der Waals surface area (Å²) < 4.78 is 13.4. The van der Waals surface area contributed by atoms with Gasteiger partial charge in [0.1, 0.15) is 5.76 Å². The Balaban J connectivity index is 1.63. The summed E-state index contributed by atoms with van der Waals surface area (Å²) in [5, 5.41) is 13.7. The number of aromatic nitrogens is 3. The summed E-state index contributed by atoms with van der Waals surface area (Å²) >= 11 is 0. The van der Waals surface area contributed by atoms with Crippen LogP contribution in [0, 0.1) is 19.3 Å². The Labute approximate surface area is 211 Å². The molecule has 36 heavy (non-hydrogen) atoms. The Kier molecular flexibility index (Phi) is 5.99. The van der Waals surface area contributed by atoms with Gasteiger partial charge in [0.2, 0.25) is 0 Å². The molecule has 0 unspecified atom stereocenters. The highest BCUT2D eigenvalue weighted by molar-refractivity contribution is 5.95. The Morgan fingerprint density at radius 3 is 2.44 bits per heavy atom. The third kappa shape index (κ3) is 4.22. The number of rotatable bonds is 6. The van der Waals surface area contributed by atoms with Crippen LogP contribution < -0.4 is 0 Å². The van der Waals surface area contributed by atoms with E-state index < -0.39 is 11.4 Å². The van der Waals surface area contributed by atoms with Gasteiger partial charge in [-0.05, 0) is 63.1 Å².